The van der Waals surface area contributed by atoms with E-state index >= 15 is 0 Å². The molecular formula is C5H9NO. The number of hydrogen-bond acceptors (Lipinski definition) is 2. The van der Waals surface area contributed by atoms with E-state index in [1.165, 1.54) is 0 Å². The lowest BCUT2D eigenvalue weighted by molar-refractivity contribution is 0.179. The van der Waals surface area contributed by atoms with Crippen molar-refractivity contribution >= 4 is 0 Å². The van der Waals surface area contributed by atoms with Gasteiger partial charge in [0, 0.05) is 0 Å². The maximum absolute atomic E-state index is 8.57. The van der Waals surface area contributed by atoms with Gasteiger partial charge in [0.05, 0.1) is 6.07 Å². The Kier molecular flexibility index (Phi) is 2.39. The molecule has 0 aliphatic rings. The highest BCUT2D eigenvalue weighted by Gasteiger charge is 2.04. The third-order valence-corrected chi connectivity index (χ3v) is 0.764. The molecule has 0 saturated carbocycles. The first-order valence-electron chi connectivity index (χ1n) is 2.26. The Hall–Kier alpha value is -0.550. The van der Waals surface area contributed by atoms with E-state index in [2.05, 4.69) is 0 Å². The van der Waals surface area contributed by atoms with E-state index in [0.29, 0.717) is 0 Å². The van der Waals surface area contributed by atoms with Crippen LogP contribution < -0.4 is 0 Å². The summed E-state index contributed by atoms with van der Waals surface area (Å²) in [7, 11) is 0. The van der Waals surface area contributed by atoms with Gasteiger partial charge in [0.15, 0.2) is 0 Å². The first-order valence-corrected chi connectivity index (χ1v) is 2.26. The second-order valence-electron chi connectivity index (χ2n) is 1.82. The Labute approximate surface area is 43.4 Å². The van der Waals surface area contributed by atoms with Crippen LogP contribution in [0.5, 0.6) is 0 Å². The maximum Gasteiger partial charge on any atom is 0.142 e. The molecule has 1 N–H and O–H groups in total. The molecule has 0 spiro atoms. The Morgan fingerprint density at radius 2 is 2.00 bits per heavy atom. The minimum Gasteiger partial charge on any atom is -0.378 e. The molecule has 0 aromatic heterocycles. The summed E-state index contributed by atoms with van der Waals surface area (Å²) in [6, 6.07) is 1.72. The largest absolute Gasteiger partial charge is 0.378 e. The van der Waals surface area contributed by atoms with Crippen molar-refractivity contribution in [3.63, 3.8) is 0 Å². The summed E-state index contributed by atoms with van der Waals surface area (Å²) in [4.78, 5) is 0. The topological polar surface area (TPSA) is 44.0 Å². The summed E-state index contributed by atoms with van der Waals surface area (Å²) < 4.78 is 0. The van der Waals surface area contributed by atoms with E-state index in [1.54, 1.807) is 19.9 Å². The molecule has 0 heterocycles. The van der Waals surface area contributed by atoms with Crippen molar-refractivity contribution in [1.29, 1.82) is 5.26 Å². The van der Waals surface area contributed by atoms with Crippen LogP contribution in [-0.2, 0) is 0 Å². The molecule has 0 amide bonds. The van der Waals surface area contributed by atoms with Crippen LogP contribution in [0.15, 0.2) is 0 Å². The second kappa shape index (κ2) is 2.59. The van der Waals surface area contributed by atoms with Crippen LogP contribution in [0.3, 0.4) is 0 Å². The van der Waals surface area contributed by atoms with E-state index in [-0.39, 0.29) is 5.92 Å². The minimum absolute atomic E-state index is 0.0602. The van der Waals surface area contributed by atoms with Crippen molar-refractivity contribution in [2.24, 2.45) is 5.92 Å². The molecular weight excluding hydrogens is 90.1 g/mol. The molecule has 0 aromatic carbocycles. The molecule has 0 unspecified atom stereocenters. The average Bonchev–Trinajstić information content (AvgIpc) is 1.65. The van der Waals surface area contributed by atoms with Crippen molar-refractivity contribution in [1.82, 2.24) is 0 Å². The minimum atomic E-state index is -0.792. The summed E-state index contributed by atoms with van der Waals surface area (Å²) in [5.74, 6) is 0.0602. The van der Waals surface area contributed by atoms with Crippen LogP contribution >= 0.6 is 0 Å². The zero-order valence-electron chi connectivity index (χ0n) is 4.55. The van der Waals surface area contributed by atoms with Crippen molar-refractivity contribution in [2.45, 2.75) is 20.0 Å². The Morgan fingerprint density at radius 1 is 1.57 bits per heavy atom. The smallest absolute Gasteiger partial charge is 0.142 e. The summed E-state index contributed by atoms with van der Waals surface area (Å²) in [6.07, 6.45) is -0.792. The Bertz CT molecular complexity index is 82.6. The van der Waals surface area contributed by atoms with Crippen LogP contribution in [0, 0.1) is 17.2 Å². The van der Waals surface area contributed by atoms with Gasteiger partial charge in [0.2, 0.25) is 0 Å². The van der Waals surface area contributed by atoms with Crippen LogP contribution in [0.2, 0.25) is 0 Å². The lowest BCUT2D eigenvalue weighted by Gasteiger charge is -2.01. The van der Waals surface area contributed by atoms with E-state index < -0.39 is 6.10 Å². The number of aliphatic hydroxyl groups is 1. The molecule has 0 saturated heterocycles. The van der Waals surface area contributed by atoms with Gasteiger partial charge in [-0.3, -0.25) is 0 Å². The van der Waals surface area contributed by atoms with Gasteiger partial charge in [0.1, 0.15) is 6.10 Å². The molecule has 0 aliphatic carbocycles. The van der Waals surface area contributed by atoms with Crippen LogP contribution in [0.1, 0.15) is 13.8 Å². The Morgan fingerprint density at radius 3 is 2.00 bits per heavy atom. The standard InChI is InChI=1S/C5H9NO/c1-4(2)5(7)3-6/h4-5,7H,1-2H3/t5-/m1/s1. The quantitative estimate of drug-likeness (QED) is 0.487. The molecule has 2 nitrogen and oxygen atoms in total. The predicted octanol–water partition coefficient (Wildman–Crippen LogP) is 0.527. The van der Waals surface area contributed by atoms with E-state index in [0.717, 1.165) is 0 Å². The molecule has 40 valence electrons. The highest BCUT2D eigenvalue weighted by atomic mass is 16.3. The molecule has 0 rings (SSSR count). The fourth-order valence-electron chi connectivity index (χ4n) is 0.149. The highest BCUT2D eigenvalue weighted by molar-refractivity contribution is 4.83. The lowest BCUT2D eigenvalue weighted by Crippen LogP contribution is -2.10. The summed E-state index contributed by atoms with van der Waals surface area (Å²) >= 11 is 0. The van der Waals surface area contributed by atoms with Gasteiger partial charge in [0.25, 0.3) is 0 Å². The molecule has 0 radical (unpaired) electrons. The first kappa shape index (κ1) is 6.45. The van der Waals surface area contributed by atoms with Crippen molar-refractivity contribution in [3.05, 3.63) is 0 Å². The maximum atomic E-state index is 8.57. The normalized spacial score (nSPS) is 13.6. The van der Waals surface area contributed by atoms with E-state index in [4.69, 9.17) is 10.4 Å². The van der Waals surface area contributed by atoms with Gasteiger partial charge < -0.3 is 5.11 Å². The van der Waals surface area contributed by atoms with Crippen molar-refractivity contribution < 1.29 is 5.11 Å². The SMILES string of the molecule is CC(C)[C@H](O)C#N. The van der Waals surface area contributed by atoms with Gasteiger partial charge in [-0.2, -0.15) is 5.26 Å². The molecule has 7 heavy (non-hydrogen) atoms. The molecule has 1 atom stereocenters. The average molecular weight is 99.1 g/mol. The van der Waals surface area contributed by atoms with Gasteiger partial charge in [-0.25, -0.2) is 0 Å². The Balaban J connectivity index is 3.40. The first-order chi connectivity index (χ1) is 3.18. The third kappa shape index (κ3) is 2.18. The van der Waals surface area contributed by atoms with Gasteiger partial charge in [-0.05, 0) is 5.92 Å². The highest BCUT2D eigenvalue weighted by Crippen LogP contribution is 1.96. The van der Waals surface area contributed by atoms with Crippen molar-refractivity contribution in [3.8, 4) is 6.07 Å². The number of hydrogen-bond donors (Lipinski definition) is 1. The molecule has 0 aromatic rings. The second-order valence-corrected chi connectivity index (χ2v) is 1.82. The number of nitrogens with zero attached hydrogens (tertiary/aromatic N) is 1. The van der Waals surface area contributed by atoms with Gasteiger partial charge in [-0.1, -0.05) is 13.8 Å². The van der Waals surface area contributed by atoms with Gasteiger partial charge >= 0.3 is 0 Å². The van der Waals surface area contributed by atoms with Crippen LogP contribution in [0.4, 0.5) is 0 Å². The summed E-state index contributed by atoms with van der Waals surface area (Å²) in [5, 5.41) is 16.6. The predicted molar refractivity (Wildman–Crippen MR) is 26.5 cm³/mol. The monoisotopic (exact) mass is 99.1 g/mol. The van der Waals surface area contributed by atoms with Crippen LogP contribution in [-0.4, -0.2) is 11.2 Å². The van der Waals surface area contributed by atoms with E-state index in [9.17, 15) is 0 Å². The summed E-state index contributed by atoms with van der Waals surface area (Å²) in [5.41, 5.74) is 0. The molecule has 2 heteroatoms. The van der Waals surface area contributed by atoms with E-state index in [1.807, 2.05) is 0 Å². The van der Waals surface area contributed by atoms with Gasteiger partial charge in [-0.15, -0.1) is 0 Å². The number of aliphatic hydroxyl groups excluding tert-OH is 1. The zero-order chi connectivity index (χ0) is 5.86. The fraction of sp³-hybridized carbons (Fsp3) is 0.800. The number of nitriles is 1. The zero-order valence-corrected chi connectivity index (χ0v) is 4.55. The third-order valence-electron chi connectivity index (χ3n) is 0.764. The fourth-order valence-corrected chi connectivity index (χ4v) is 0.149. The summed E-state index contributed by atoms with van der Waals surface area (Å²) in [6.45, 7) is 3.60. The molecule has 0 fully saturated rings. The number of rotatable bonds is 1. The van der Waals surface area contributed by atoms with Crippen molar-refractivity contribution in [2.75, 3.05) is 0 Å². The lowest BCUT2D eigenvalue weighted by atomic mass is 10.1. The van der Waals surface area contributed by atoms with Crippen LogP contribution in [0.25, 0.3) is 0 Å². The molecule has 0 aliphatic heterocycles. The molecule has 0 bridgehead atoms.